The van der Waals surface area contributed by atoms with E-state index in [0.29, 0.717) is 24.3 Å². The summed E-state index contributed by atoms with van der Waals surface area (Å²) in [7, 11) is -17.3. The first-order valence-electron chi connectivity index (χ1n) is 20.3. The quantitative estimate of drug-likeness (QED) is 0.0534. The molecule has 0 bridgehead atoms. The van der Waals surface area contributed by atoms with Crippen molar-refractivity contribution in [3.05, 3.63) is 0 Å². The number of hydrogen-bond donors (Lipinski definition) is 2. The van der Waals surface area contributed by atoms with Crippen LogP contribution in [0.3, 0.4) is 0 Å². The van der Waals surface area contributed by atoms with Crippen LogP contribution in [0.4, 0.5) is 0 Å². The summed E-state index contributed by atoms with van der Waals surface area (Å²) in [6.07, 6.45) is 3.93. The monoisotopic (exact) mass is 892 g/mol. The van der Waals surface area contributed by atoms with Gasteiger partial charge in [0.2, 0.25) is 0 Å². The first-order chi connectivity index (χ1) is 23.7. The van der Waals surface area contributed by atoms with Gasteiger partial charge in [0.05, 0.1) is 31.8 Å². The third-order valence-corrected chi connectivity index (χ3v) is 43.3. The van der Waals surface area contributed by atoms with Gasteiger partial charge in [-0.15, -0.1) is 0 Å². The summed E-state index contributed by atoms with van der Waals surface area (Å²) in [5.74, 6) is 0. The lowest BCUT2D eigenvalue weighted by Gasteiger charge is -2.42. The van der Waals surface area contributed by atoms with E-state index in [1.165, 1.54) is 0 Å². The van der Waals surface area contributed by atoms with E-state index in [4.69, 9.17) is 34.2 Å². The Balaban J connectivity index is 4.86. The summed E-state index contributed by atoms with van der Waals surface area (Å²) in [6, 6.07) is 1.86. The fourth-order valence-corrected chi connectivity index (χ4v) is 46.0. The standard InChI is InChI=1S/C35H88O10Si8/c1-21-33(3)48(9,10)42-52(17,18)44-50(13,14)40-46(5,6)27-23-25-38-31-35(29-36,30-37)32-39-26-24-28-47(7,8)41-51(15,16)45-53(19,20)43-49(11,12)34(4)22-2/h33-34,36-37H,21-32H2,1-20H3. The van der Waals surface area contributed by atoms with Gasteiger partial charge in [-0.1, -0.05) is 40.5 Å². The third-order valence-electron chi connectivity index (χ3n) is 10.3. The molecule has 18 heteroatoms. The van der Waals surface area contributed by atoms with E-state index in [-0.39, 0.29) is 26.4 Å². The highest BCUT2D eigenvalue weighted by Gasteiger charge is 2.46. The van der Waals surface area contributed by atoms with Crippen LogP contribution in [0.1, 0.15) is 53.4 Å². The number of hydrogen-bond acceptors (Lipinski definition) is 10. The van der Waals surface area contributed by atoms with Crippen LogP contribution in [0, 0.1) is 5.41 Å². The lowest BCUT2D eigenvalue weighted by atomic mass is 9.92. The van der Waals surface area contributed by atoms with E-state index in [1.54, 1.807) is 0 Å². The van der Waals surface area contributed by atoms with Crippen molar-refractivity contribution in [1.82, 2.24) is 0 Å². The zero-order valence-electron chi connectivity index (χ0n) is 38.3. The van der Waals surface area contributed by atoms with Crippen molar-refractivity contribution in [3.8, 4) is 0 Å². The van der Waals surface area contributed by atoms with Gasteiger partial charge in [0.1, 0.15) is 0 Å². The van der Waals surface area contributed by atoms with Gasteiger partial charge in [-0.2, -0.15) is 0 Å². The zero-order chi connectivity index (χ0) is 41.8. The molecule has 0 aliphatic carbocycles. The molecule has 0 aromatic rings. The molecule has 320 valence electrons. The van der Waals surface area contributed by atoms with Crippen molar-refractivity contribution in [2.75, 3.05) is 39.6 Å². The van der Waals surface area contributed by atoms with Crippen molar-refractivity contribution in [2.45, 2.75) is 181 Å². The number of aliphatic hydroxyl groups is 2. The molecule has 0 saturated carbocycles. The van der Waals surface area contributed by atoms with Crippen molar-refractivity contribution >= 4 is 67.5 Å². The van der Waals surface area contributed by atoms with Crippen LogP contribution in [-0.2, 0) is 34.2 Å². The van der Waals surface area contributed by atoms with Gasteiger partial charge in [-0.25, -0.2) is 0 Å². The summed E-state index contributed by atoms with van der Waals surface area (Å²) in [6.45, 7) is 45.6. The Kier molecular flexibility index (Phi) is 22.6. The maximum atomic E-state index is 10.2. The van der Waals surface area contributed by atoms with Crippen molar-refractivity contribution in [1.29, 1.82) is 0 Å². The van der Waals surface area contributed by atoms with Gasteiger partial charge in [0, 0.05) is 13.2 Å². The molecule has 0 rings (SSSR count). The molecular formula is C35H88O10Si8. The average Bonchev–Trinajstić information content (AvgIpc) is 2.94. The van der Waals surface area contributed by atoms with E-state index >= 15 is 0 Å². The molecule has 2 unspecified atom stereocenters. The van der Waals surface area contributed by atoms with E-state index in [9.17, 15) is 10.2 Å². The predicted molar refractivity (Wildman–Crippen MR) is 243 cm³/mol. The smallest absolute Gasteiger partial charge is 0.312 e. The van der Waals surface area contributed by atoms with Crippen LogP contribution in [0.15, 0.2) is 0 Å². The molecule has 0 radical (unpaired) electrons. The van der Waals surface area contributed by atoms with Gasteiger partial charge >= 0.3 is 34.2 Å². The zero-order valence-corrected chi connectivity index (χ0v) is 46.3. The van der Waals surface area contributed by atoms with E-state index < -0.39 is 72.9 Å². The molecular weight excluding hydrogens is 805 g/mol. The van der Waals surface area contributed by atoms with Gasteiger partial charge in [0.25, 0.3) is 0 Å². The highest BCUT2D eigenvalue weighted by molar-refractivity contribution is 6.90. The Morgan fingerprint density at radius 3 is 1.00 bits per heavy atom. The van der Waals surface area contributed by atoms with Crippen molar-refractivity contribution in [2.24, 2.45) is 5.41 Å². The highest BCUT2D eigenvalue weighted by Crippen LogP contribution is 2.33. The molecule has 2 atom stereocenters. The van der Waals surface area contributed by atoms with Crippen LogP contribution in [0.5, 0.6) is 0 Å². The number of ether oxygens (including phenoxy) is 2. The maximum Gasteiger partial charge on any atom is 0.312 e. The van der Waals surface area contributed by atoms with Crippen LogP contribution in [-0.4, -0.2) is 117 Å². The summed E-state index contributed by atoms with van der Waals surface area (Å²) >= 11 is 0. The second kappa shape index (κ2) is 22.1. The second-order valence-electron chi connectivity index (χ2n) is 19.7. The molecule has 2 N–H and O–H groups in total. The first-order valence-corrected chi connectivity index (χ1v) is 43.8. The SMILES string of the molecule is CCC(C)[Si](C)(C)O[Si](C)(C)O[Si](C)(C)O[Si](C)(C)CCCOCC(CO)(CO)COCCC[Si](C)(C)O[Si](C)(C)O[Si](C)(C)O[Si](C)(C)C(C)CC. The topological polar surface area (TPSA) is 114 Å². The van der Waals surface area contributed by atoms with Crippen molar-refractivity contribution in [3.63, 3.8) is 0 Å². The molecule has 10 nitrogen and oxygen atoms in total. The van der Waals surface area contributed by atoms with E-state index in [2.05, 4.69) is 132 Å². The summed E-state index contributed by atoms with van der Waals surface area (Å²) < 4.78 is 52.6. The molecule has 0 heterocycles. The van der Waals surface area contributed by atoms with Gasteiger partial charge in [-0.3, -0.25) is 0 Å². The minimum absolute atomic E-state index is 0.207. The maximum absolute atomic E-state index is 10.2. The molecule has 0 aromatic carbocycles. The molecule has 53 heavy (non-hydrogen) atoms. The highest BCUT2D eigenvalue weighted by atomic mass is 28.5. The summed E-state index contributed by atoms with van der Waals surface area (Å²) in [5, 5.41) is 20.5. The number of rotatable bonds is 30. The minimum atomic E-state index is -2.41. The minimum Gasteiger partial charge on any atom is -0.436 e. The number of aliphatic hydroxyl groups excluding tert-OH is 2. The molecule has 0 fully saturated rings. The molecule has 0 saturated heterocycles. The lowest BCUT2D eigenvalue weighted by molar-refractivity contribution is -0.0767. The van der Waals surface area contributed by atoms with Gasteiger partial charge in [-0.05, 0) is 141 Å². The van der Waals surface area contributed by atoms with Crippen LogP contribution >= 0.6 is 0 Å². The molecule has 0 aliphatic heterocycles. The largest absolute Gasteiger partial charge is 0.436 e. The Morgan fingerprint density at radius 1 is 0.453 bits per heavy atom. The normalized spacial score (nSPS) is 16.0. The molecule has 0 spiro atoms. The fourth-order valence-electron chi connectivity index (χ4n) is 7.20. The van der Waals surface area contributed by atoms with Crippen LogP contribution in [0.25, 0.3) is 0 Å². The van der Waals surface area contributed by atoms with Crippen LogP contribution in [0.2, 0.25) is 128 Å². The second-order valence-corrected chi connectivity index (χ2v) is 52.2. The van der Waals surface area contributed by atoms with E-state index in [0.717, 1.165) is 37.8 Å². The fraction of sp³-hybridized carbons (Fsp3) is 1.00. The summed E-state index contributed by atoms with van der Waals surface area (Å²) in [4.78, 5) is 0. The van der Waals surface area contributed by atoms with Gasteiger partial charge in [0.15, 0.2) is 33.3 Å². The predicted octanol–water partition coefficient (Wildman–Crippen LogP) is 10.1. The Labute approximate surface area is 336 Å². The Hall–Kier alpha value is 1.34. The average molecular weight is 894 g/mol. The molecule has 0 aromatic heterocycles. The van der Waals surface area contributed by atoms with Gasteiger partial charge < -0.3 is 44.4 Å². The Morgan fingerprint density at radius 2 is 0.736 bits per heavy atom. The lowest BCUT2D eigenvalue weighted by Crippen LogP contribution is -2.57. The molecule has 0 aliphatic rings. The van der Waals surface area contributed by atoms with Crippen LogP contribution < -0.4 is 0 Å². The first kappa shape index (κ1) is 54.3. The Bertz CT molecular complexity index is 964. The summed E-state index contributed by atoms with van der Waals surface area (Å²) in [5.41, 5.74) is 0.303. The molecule has 0 amide bonds. The van der Waals surface area contributed by atoms with Crippen molar-refractivity contribution < 1.29 is 44.4 Å². The van der Waals surface area contributed by atoms with E-state index in [1.807, 2.05) is 0 Å². The third kappa shape index (κ3) is 22.3.